The van der Waals surface area contributed by atoms with Crippen molar-refractivity contribution in [2.24, 2.45) is 0 Å². The van der Waals surface area contributed by atoms with Crippen LogP contribution in [0.4, 0.5) is 0 Å². The second-order valence-electron chi connectivity index (χ2n) is 4.03. The summed E-state index contributed by atoms with van der Waals surface area (Å²) in [6.07, 6.45) is 1.42. The zero-order valence-corrected chi connectivity index (χ0v) is 10.1. The fourth-order valence-electron chi connectivity index (χ4n) is 1.72. The second-order valence-corrected chi connectivity index (χ2v) is 4.03. The highest BCUT2D eigenvalue weighted by molar-refractivity contribution is 5.96. The van der Waals surface area contributed by atoms with E-state index in [4.69, 9.17) is 9.15 Å². The van der Waals surface area contributed by atoms with Crippen LogP contribution in [-0.4, -0.2) is 43.0 Å². The van der Waals surface area contributed by atoms with Gasteiger partial charge in [-0.05, 0) is 12.1 Å². The van der Waals surface area contributed by atoms with Gasteiger partial charge in [0.1, 0.15) is 12.2 Å². The second kappa shape index (κ2) is 6.20. The molecule has 1 aromatic heterocycles. The van der Waals surface area contributed by atoms with Gasteiger partial charge in [-0.3, -0.25) is 9.59 Å². The summed E-state index contributed by atoms with van der Waals surface area (Å²) in [4.78, 5) is 25.0. The van der Waals surface area contributed by atoms with Crippen LogP contribution in [0.3, 0.4) is 0 Å². The summed E-state index contributed by atoms with van der Waals surface area (Å²) in [5.74, 6) is 0.223. The summed E-state index contributed by atoms with van der Waals surface area (Å²) < 4.78 is 10.2. The Balaban J connectivity index is 1.71. The Morgan fingerprint density at radius 1 is 1.33 bits per heavy atom. The van der Waals surface area contributed by atoms with Crippen LogP contribution in [0.25, 0.3) is 0 Å². The average molecular weight is 252 g/mol. The van der Waals surface area contributed by atoms with E-state index in [0.29, 0.717) is 38.6 Å². The van der Waals surface area contributed by atoms with Crippen LogP contribution < -0.4 is 5.32 Å². The first-order chi connectivity index (χ1) is 8.75. The molecule has 98 valence electrons. The summed E-state index contributed by atoms with van der Waals surface area (Å²) in [5.41, 5.74) is 0. The summed E-state index contributed by atoms with van der Waals surface area (Å²) >= 11 is 0. The quantitative estimate of drug-likeness (QED) is 0.774. The molecule has 6 nitrogen and oxygen atoms in total. The molecule has 1 aliphatic rings. The third-order valence-corrected chi connectivity index (χ3v) is 2.72. The number of ether oxygens (including phenoxy) is 1. The standard InChI is InChI=1S/C12H16N2O4/c15-11(13-9-10-2-1-5-18-10)8-12(16)14-3-6-17-7-4-14/h1-2,5H,3-4,6-9H2,(H,13,15). The van der Waals surface area contributed by atoms with Crippen LogP contribution >= 0.6 is 0 Å². The van der Waals surface area contributed by atoms with Crippen LogP contribution in [0.15, 0.2) is 22.8 Å². The highest BCUT2D eigenvalue weighted by Gasteiger charge is 2.19. The van der Waals surface area contributed by atoms with E-state index in [1.54, 1.807) is 23.3 Å². The van der Waals surface area contributed by atoms with Gasteiger partial charge in [0.2, 0.25) is 11.8 Å². The van der Waals surface area contributed by atoms with E-state index in [1.807, 2.05) is 0 Å². The topological polar surface area (TPSA) is 71.8 Å². The molecule has 6 heteroatoms. The molecule has 1 saturated heterocycles. The maximum Gasteiger partial charge on any atom is 0.232 e. The lowest BCUT2D eigenvalue weighted by atomic mass is 10.3. The highest BCUT2D eigenvalue weighted by Crippen LogP contribution is 2.01. The summed E-state index contributed by atoms with van der Waals surface area (Å²) in [7, 11) is 0. The molecule has 1 fully saturated rings. The molecule has 0 aliphatic carbocycles. The Bertz CT molecular complexity index is 396. The van der Waals surface area contributed by atoms with Crippen molar-refractivity contribution in [2.45, 2.75) is 13.0 Å². The summed E-state index contributed by atoms with van der Waals surface area (Å²) in [5, 5.41) is 2.64. The van der Waals surface area contributed by atoms with Gasteiger partial charge >= 0.3 is 0 Å². The molecule has 0 spiro atoms. The van der Waals surface area contributed by atoms with Gasteiger partial charge in [-0.25, -0.2) is 0 Å². The van der Waals surface area contributed by atoms with Crippen LogP contribution in [0.5, 0.6) is 0 Å². The largest absolute Gasteiger partial charge is 0.467 e. The molecule has 18 heavy (non-hydrogen) atoms. The van der Waals surface area contributed by atoms with Crippen molar-refractivity contribution >= 4 is 11.8 Å². The van der Waals surface area contributed by atoms with Crippen molar-refractivity contribution in [3.8, 4) is 0 Å². The van der Waals surface area contributed by atoms with Crippen molar-refractivity contribution in [3.63, 3.8) is 0 Å². The fourth-order valence-corrected chi connectivity index (χ4v) is 1.72. The van der Waals surface area contributed by atoms with Gasteiger partial charge < -0.3 is 19.4 Å². The van der Waals surface area contributed by atoms with Gasteiger partial charge in [-0.15, -0.1) is 0 Å². The number of amides is 2. The zero-order valence-electron chi connectivity index (χ0n) is 10.1. The molecule has 2 amide bonds. The molecule has 2 heterocycles. The number of nitrogens with one attached hydrogen (secondary N) is 1. The Morgan fingerprint density at radius 2 is 2.11 bits per heavy atom. The number of morpholine rings is 1. The molecule has 1 aliphatic heterocycles. The molecular formula is C12H16N2O4. The van der Waals surface area contributed by atoms with Gasteiger partial charge in [-0.1, -0.05) is 0 Å². The number of carbonyl (C=O) groups excluding carboxylic acids is 2. The van der Waals surface area contributed by atoms with Gasteiger partial charge in [0.15, 0.2) is 0 Å². The molecule has 0 aromatic carbocycles. The lowest BCUT2D eigenvalue weighted by molar-refractivity contribution is -0.139. The minimum Gasteiger partial charge on any atom is -0.467 e. The predicted molar refractivity (Wildman–Crippen MR) is 62.6 cm³/mol. The Hall–Kier alpha value is -1.82. The minimum atomic E-state index is -0.289. The minimum absolute atomic E-state index is 0.124. The van der Waals surface area contributed by atoms with E-state index in [9.17, 15) is 9.59 Å². The normalized spacial score (nSPS) is 15.4. The van der Waals surface area contributed by atoms with Crippen molar-refractivity contribution in [3.05, 3.63) is 24.2 Å². The van der Waals surface area contributed by atoms with E-state index in [1.165, 1.54) is 0 Å². The van der Waals surface area contributed by atoms with Crippen LogP contribution in [0, 0.1) is 0 Å². The SMILES string of the molecule is O=C(CC(=O)N1CCOCC1)NCc1ccco1. The molecule has 0 saturated carbocycles. The smallest absolute Gasteiger partial charge is 0.232 e. The molecule has 2 rings (SSSR count). The van der Waals surface area contributed by atoms with Crippen LogP contribution in [0.1, 0.15) is 12.2 Å². The monoisotopic (exact) mass is 252 g/mol. The fraction of sp³-hybridized carbons (Fsp3) is 0.500. The van der Waals surface area contributed by atoms with Crippen molar-refractivity contribution in [1.82, 2.24) is 10.2 Å². The van der Waals surface area contributed by atoms with Gasteiger partial charge in [-0.2, -0.15) is 0 Å². The number of hydrogen-bond acceptors (Lipinski definition) is 4. The lowest BCUT2D eigenvalue weighted by Crippen LogP contribution is -2.42. The van der Waals surface area contributed by atoms with Crippen LogP contribution in [0.2, 0.25) is 0 Å². The molecule has 0 radical (unpaired) electrons. The van der Waals surface area contributed by atoms with E-state index in [-0.39, 0.29) is 18.2 Å². The van der Waals surface area contributed by atoms with Crippen molar-refractivity contribution in [2.75, 3.05) is 26.3 Å². The lowest BCUT2D eigenvalue weighted by Gasteiger charge is -2.26. The molecule has 0 atom stereocenters. The Morgan fingerprint density at radius 3 is 2.78 bits per heavy atom. The first-order valence-corrected chi connectivity index (χ1v) is 5.90. The summed E-state index contributed by atoms with van der Waals surface area (Å²) in [6, 6.07) is 3.52. The average Bonchev–Trinajstić information content (AvgIpc) is 2.90. The van der Waals surface area contributed by atoms with E-state index in [2.05, 4.69) is 5.32 Å². The van der Waals surface area contributed by atoms with Gasteiger partial charge in [0.05, 0.1) is 26.0 Å². The van der Waals surface area contributed by atoms with Gasteiger partial charge in [0, 0.05) is 13.1 Å². The molecule has 0 unspecified atom stereocenters. The van der Waals surface area contributed by atoms with Crippen molar-refractivity contribution in [1.29, 1.82) is 0 Å². The predicted octanol–water partition coefficient (Wildman–Crippen LogP) is 0.145. The number of rotatable bonds is 4. The maximum absolute atomic E-state index is 11.8. The third kappa shape index (κ3) is 3.59. The van der Waals surface area contributed by atoms with E-state index >= 15 is 0 Å². The van der Waals surface area contributed by atoms with E-state index in [0.717, 1.165) is 0 Å². The first-order valence-electron chi connectivity index (χ1n) is 5.90. The van der Waals surface area contributed by atoms with Gasteiger partial charge in [0.25, 0.3) is 0 Å². The number of hydrogen-bond donors (Lipinski definition) is 1. The highest BCUT2D eigenvalue weighted by atomic mass is 16.5. The number of furan rings is 1. The first kappa shape index (κ1) is 12.6. The van der Waals surface area contributed by atoms with Crippen LogP contribution in [-0.2, 0) is 20.9 Å². The number of carbonyl (C=O) groups is 2. The number of nitrogens with zero attached hydrogens (tertiary/aromatic N) is 1. The molecule has 1 N–H and O–H groups in total. The Labute approximate surface area is 105 Å². The maximum atomic E-state index is 11.8. The zero-order chi connectivity index (χ0) is 12.8. The molecule has 1 aromatic rings. The van der Waals surface area contributed by atoms with Crippen molar-refractivity contribution < 1.29 is 18.7 Å². The summed E-state index contributed by atoms with van der Waals surface area (Å²) in [6.45, 7) is 2.51. The Kier molecular flexibility index (Phi) is 4.35. The van der Waals surface area contributed by atoms with E-state index < -0.39 is 0 Å². The molecule has 0 bridgehead atoms. The third-order valence-electron chi connectivity index (χ3n) is 2.72. The molecular weight excluding hydrogens is 236 g/mol.